The Bertz CT molecular complexity index is 769. The predicted molar refractivity (Wildman–Crippen MR) is 88.9 cm³/mol. The van der Waals surface area contributed by atoms with Crippen molar-refractivity contribution in [2.45, 2.75) is 6.18 Å². The lowest BCUT2D eigenvalue weighted by Gasteiger charge is -2.12. The van der Waals surface area contributed by atoms with Gasteiger partial charge in [0.2, 0.25) is 0 Å². The topological polar surface area (TPSA) is 49.4 Å². The van der Waals surface area contributed by atoms with Gasteiger partial charge in [-0.2, -0.15) is 13.2 Å². The number of carbonyl (C=O) groups is 2. The van der Waals surface area contributed by atoms with Gasteiger partial charge in [0.1, 0.15) is 0 Å². The second-order valence-corrected chi connectivity index (χ2v) is 5.63. The summed E-state index contributed by atoms with van der Waals surface area (Å²) in [6.07, 6.45) is -4.53. The molecule has 0 atom stereocenters. The van der Waals surface area contributed by atoms with Gasteiger partial charge in [0.15, 0.2) is 5.78 Å². The van der Waals surface area contributed by atoms with Gasteiger partial charge in [-0.1, -0.05) is 6.07 Å². The first-order chi connectivity index (χ1) is 11.7. The maximum absolute atomic E-state index is 12.7. The fraction of sp³-hybridized carbons (Fsp3) is 0.222. The van der Waals surface area contributed by atoms with E-state index in [0.717, 1.165) is 23.9 Å². The standard InChI is InChI=1S/C18H17F3N2O2/c1-23(2)15-8-6-12(7-9-15)16(24)11-22-17(25)13-4-3-5-14(10-13)18(19,20)21/h3-10H,11H2,1-2H3,(H,22,25). The van der Waals surface area contributed by atoms with Crippen LogP contribution in [-0.4, -0.2) is 32.3 Å². The summed E-state index contributed by atoms with van der Waals surface area (Å²) in [4.78, 5) is 25.9. The van der Waals surface area contributed by atoms with Crippen molar-refractivity contribution in [3.63, 3.8) is 0 Å². The van der Waals surface area contributed by atoms with Crippen molar-refractivity contribution in [1.29, 1.82) is 0 Å². The summed E-state index contributed by atoms with van der Waals surface area (Å²) < 4.78 is 38.0. The van der Waals surface area contributed by atoms with Crippen molar-refractivity contribution in [2.75, 3.05) is 25.5 Å². The molecular weight excluding hydrogens is 333 g/mol. The largest absolute Gasteiger partial charge is 0.416 e. The first kappa shape index (κ1) is 18.5. The third-order valence-electron chi connectivity index (χ3n) is 3.57. The van der Waals surface area contributed by atoms with Gasteiger partial charge in [-0.15, -0.1) is 0 Å². The highest BCUT2D eigenvalue weighted by Gasteiger charge is 2.30. The van der Waals surface area contributed by atoms with Crippen molar-refractivity contribution >= 4 is 17.4 Å². The molecule has 2 aromatic carbocycles. The number of benzene rings is 2. The molecular formula is C18H17F3N2O2. The van der Waals surface area contributed by atoms with Crippen molar-refractivity contribution < 1.29 is 22.8 Å². The quantitative estimate of drug-likeness (QED) is 0.841. The van der Waals surface area contributed by atoms with Crippen LogP contribution in [0.5, 0.6) is 0 Å². The number of hydrogen-bond donors (Lipinski definition) is 1. The molecule has 0 aliphatic carbocycles. The van der Waals surface area contributed by atoms with Crippen LogP contribution in [-0.2, 0) is 6.18 Å². The fourth-order valence-electron chi connectivity index (χ4n) is 2.15. The number of carbonyl (C=O) groups excluding carboxylic acids is 2. The number of alkyl halides is 3. The summed E-state index contributed by atoms with van der Waals surface area (Å²) in [6, 6.07) is 10.9. The lowest BCUT2D eigenvalue weighted by Crippen LogP contribution is -2.29. The van der Waals surface area contributed by atoms with Crippen LogP contribution in [0.1, 0.15) is 26.3 Å². The molecule has 1 N–H and O–H groups in total. The number of Topliss-reactive ketones (excluding diaryl/α,β-unsaturated/α-hetero) is 1. The van der Waals surface area contributed by atoms with Gasteiger partial charge in [0.05, 0.1) is 12.1 Å². The molecule has 0 bridgehead atoms. The van der Waals surface area contributed by atoms with Crippen LogP contribution in [0.3, 0.4) is 0 Å². The molecule has 0 fully saturated rings. The Morgan fingerprint density at radius 1 is 1.00 bits per heavy atom. The Morgan fingerprint density at radius 3 is 2.20 bits per heavy atom. The number of hydrogen-bond acceptors (Lipinski definition) is 3. The maximum Gasteiger partial charge on any atom is 0.416 e. The van der Waals surface area contributed by atoms with Crippen LogP contribution < -0.4 is 10.2 Å². The van der Waals surface area contributed by atoms with Crippen LogP contribution in [0.2, 0.25) is 0 Å². The van der Waals surface area contributed by atoms with Gasteiger partial charge in [0.25, 0.3) is 5.91 Å². The van der Waals surface area contributed by atoms with E-state index in [1.165, 1.54) is 6.07 Å². The predicted octanol–water partition coefficient (Wildman–Crippen LogP) is 3.38. The zero-order chi connectivity index (χ0) is 18.6. The maximum atomic E-state index is 12.7. The van der Waals surface area contributed by atoms with E-state index >= 15 is 0 Å². The van der Waals surface area contributed by atoms with Crippen molar-refractivity contribution in [3.8, 4) is 0 Å². The SMILES string of the molecule is CN(C)c1ccc(C(=O)CNC(=O)c2cccc(C(F)(F)F)c2)cc1. The highest BCUT2D eigenvalue weighted by atomic mass is 19.4. The highest BCUT2D eigenvalue weighted by molar-refractivity contribution is 6.02. The third kappa shape index (κ3) is 4.82. The van der Waals surface area contributed by atoms with E-state index in [2.05, 4.69) is 5.32 Å². The molecule has 0 saturated heterocycles. The number of halogens is 3. The highest BCUT2D eigenvalue weighted by Crippen LogP contribution is 2.29. The molecule has 0 saturated carbocycles. The van der Waals surface area contributed by atoms with Gasteiger partial charge < -0.3 is 10.2 Å². The number of rotatable bonds is 5. The molecule has 0 spiro atoms. The van der Waals surface area contributed by atoms with Crippen molar-refractivity contribution in [1.82, 2.24) is 5.32 Å². The molecule has 25 heavy (non-hydrogen) atoms. The Kier molecular flexibility index (Phi) is 5.46. The molecule has 2 aromatic rings. The summed E-state index contributed by atoms with van der Waals surface area (Å²) in [6.45, 7) is -0.295. The van der Waals surface area contributed by atoms with Gasteiger partial charge in [-0.05, 0) is 42.5 Å². The zero-order valence-electron chi connectivity index (χ0n) is 13.7. The summed E-state index contributed by atoms with van der Waals surface area (Å²) in [5.74, 6) is -1.06. The van der Waals surface area contributed by atoms with Crippen LogP contribution in [0, 0.1) is 0 Å². The molecule has 0 heterocycles. The molecule has 0 aliphatic heterocycles. The Labute approximate surface area is 143 Å². The Morgan fingerprint density at radius 2 is 1.64 bits per heavy atom. The van der Waals surface area contributed by atoms with Gasteiger partial charge in [-0.25, -0.2) is 0 Å². The van der Waals surface area contributed by atoms with Crippen LogP contribution in [0.15, 0.2) is 48.5 Å². The molecule has 4 nitrogen and oxygen atoms in total. The van der Waals surface area contributed by atoms with Crippen molar-refractivity contribution in [2.24, 2.45) is 0 Å². The summed E-state index contributed by atoms with van der Waals surface area (Å²) >= 11 is 0. The molecule has 0 unspecified atom stereocenters. The van der Waals surface area contributed by atoms with Crippen LogP contribution >= 0.6 is 0 Å². The summed E-state index contributed by atoms with van der Waals surface area (Å²) in [5, 5.41) is 2.35. The first-order valence-electron chi connectivity index (χ1n) is 7.44. The Balaban J connectivity index is 2.01. The first-order valence-corrected chi connectivity index (χ1v) is 7.44. The minimum atomic E-state index is -4.53. The van der Waals surface area contributed by atoms with Gasteiger partial charge in [0, 0.05) is 30.9 Å². The molecule has 0 radical (unpaired) electrons. The van der Waals surface area contributed by atoms with E-state index in [-0.39, 0.29) is 17.9 Å². The lowest BCUT2D eigenvalue weighted by molar-refractivity contribution is -0.137. The number of amides is 1. The van der Waals surface area contributed by atoms with E-state index in [1.54, 1.807) is 24.3 Å². The second-order valence-electron chi connectivity index (χ2n) is 5.63. The van der Waals surface area contributed by atoms with Crippen LogP contribution in [0.25, 0.3) is 0 Å². The average molecular weight is 350 g/mol. The van der Waals surface area contributed by atoms with E-state index in [1.807, 2.05) is 19.0 Å². The molecule has 132 valence electrons. The zero-order valence-corrected chi connectivity index (χ0v) is 13.7. The average Bonchev–Trinajstić information content (AvgIpc) is 2.58. The van der Waals surface area contributed by atoms with Gasteiger partial charge >= 0.3 is 6.18 Å². The molecule has 7 heteroatoms. The van der Waals surface area contributed by atoms with Gasteiger partial charge in [-0.3, -0.25) is 9.59 Å². The smallest absolute Gasteiger partial charge is 0.378 e. The lowest BCUT2D eigenvalue weighted by atomic mass is 10.1. The van der Waals surface area contributed by atoms with E-state index in [4.69, 9.17) is 0 Å². The monoisotopic (exact) mass is 350 g/mol. The normalized spacial score (nSPS) is 11.1. The molecule has 0 aromatic heterocycles. The van der Waals surface area contributed by atoms with E-state index < -0.39 is 17.6 Å². The summed E-state index contributed by atoms with van der Waals surface area (Å²) in [7, 11) is 3.73. The number of anilines is 1. The van der Waals surface area contributed by atoms with E-state index in [9.17, 15) is 22.8 Å². The molecule has 1 amide bonds. The summed E-state index contributed by atoms with van der Waals surface area (Å²) in [5.41, 5.74) is 0.274. The number of nitrogens with one attached hydrogen (secondary N) is 1. The second kappa shape index (κ2) is 7.38. The minimum absolute atomic E-state index is 0.148. The number of ketones is 1. The Hall–Kier alpha value is -2.83. The molecule has 0 aliphatic rings. The minimum Gasteiger partial charge on any atom is -0.378 e. The number of nitrogens with zero attached hydrogens (tertiary/aromatic N) is 1. The van der Waals surface area contributed by atoms with Crippen molar-refractivity contribution in [3.05, 3.63) is 65.2 Å². The van der Waals surface area contributed by atoms with E-state index in [0.29, 0.717) is 5.56 Å². The molecule has 2 rings (SSSR count). The third-order valence-corrected chi connectivity index (χ3v) is 3.57. The fourth-order valence-corrected chi connectivity index (χ4v) is 2.15. The van der Waals surface area contributed by atoms with Crippen LogP contribution in [0.4, 0.5) is 18.9 Å².